The topological polar surface area (TPSA) is 86.5 Å². The lowest BCUT2D eigenvalue weighted by Crippen LogP contribution is -2.12. The van der Waals surface area contributed by atoms with E-state index < -0.39 is 16.0 Å². The fraction of sp³-hybridized carbons (Fsp3) is 0.545. The fourth-order valence-electron chi connectivity index (χ4n) is 1.45. The largest absolute Gasteiger partial charge is 0.462 e. The van der Waals surface area contributed by atoms with Gasteiger partial charge in [0.1, 0.15) is 4.21 Å². The molecule has 5 nitrogen and oxygen atoms in total. The molecule has 1 heterocycles. The summed E-state index contributed by atoms with van der Waals surface area (Å²) in [7, 11) is -3.74. The average Bonchev–Trinajstić information content (AvgIpc) is 2.75. The molecular weight excluding hydrogens is 274 g/mol. The molecule has 0 fully saturated rings. The highest BCUT2D eigenvalue weighted by atomic mass is 32.2. The van der Waals surface area contributed by atoms with E-state index in [-0.39, 0.29) is 9.77 Å². The molecule has 1 unspecified atom stereocenters. The first-order chi connectivity index (χ1) is 8.34. The van der Waals surface area contributed by atoms with Crippen LogP contribution in [0.4, 0.5) is 0 Å². The maximum Gasteiger partial charge on any atom is 0.339 e. The molecule has 1 aromatic rings. The predicted molar refractivity (Wildman–Crippen MR) is 70.0 cm³/mol. The van der Waals surface area contributed by atoms with Crippen LogP contribution < -0.4 is 5.14 Å². The van der Waals surface area contributed by atoms with E-state index in [4.69, 9.17) is 9.88 Å². The molecule has 0 aromatic carbocycles. The van der Waals surface area contributed by atoms with Crippen molar-refractivity contribution in [2.24, 2.45) is 11.1 Å². The van der Waals surface area contributed by atoms with E-state index in [1.165, 1.54) is 11.4 Å². The summed E-state index contributed by atoms with van der Waals surface area (Å²) in [6.07, 6.45) is 2.02. The molecule has 7 heteroatoms. The van der Waals surface area contributed by atoms with Crippen molar-refractivity contribution in [1.29, 1.82) is 0 Å². The van der Waals surface area contributed by atoms with Crippen LogP contribution in [0.1, 0.15) is 37.0 Å². The summed E-state index contributed by atoms with van der Waals surface area (Å²) < 4.78 is 27.2. The number of carbonyl (C=O) groups excluding carboxylic acids is 1. The van der Waals surface area contributed by atoms with Gasteiger partial charge in [-0.05, 0) is 18.4 Å². The van der Waals surface area contributed by atoms with Gasteiger partial charge in [-0.15, -0.1) is 11.3 Å². The molecule has 1 atom stereocenters. The third-order valence-corrected chi connectivity index (χ3v) is 4.76. The number of primary sulfonamides is 1. The number of nitrogens with two attached hydrogens (primary N) is 1. The molecular formula is C11H17NO4S2. The van der Waals surface area contributed by atoms with Crippen LogP contribution >= 0.6 is 11.3 Å². The van der Waals surface area contributed by atoms with Crippen molar-refractivity contribution in [1.82, 2.24) is 0 Å². The number of rotatable bonds is 6. The first kappa shape index (κ1) is 15.1. The van der Waals surface area contributed by atoms with Crippen LogP contribution in [0.2, 0.25) is 0 Å². The summed E-state index contributed by atoms with van der Waals surface area (Å²) in [5.74, 6) is -0.209. The zero-order valence-corrected chi connectivity index (χ0v) is 12.0. The summed E-state index contributed by atoms with van der Waals surface area (Å²) in [5, 5.41) is 6.40. The molecule has 0 aliphatic heterocycles. The monoisotopic (exact) mass is 291 g/mol. The Bertz CT molecular complexity index is 507. The number of sulfonamides is 1. The van der Waals surface area contributed by atoms with E-state index in [1.54, 1.807) is 0 Å². The number of esters is 1. The average molecular weight is 291 g/mol. The fourth-order valence-corrected chi connectivity index (χ4v) is 3.02. The molecule has 0 bridgehead atoms. The maximum atomic E-state index is 11.6. The van der Waals surface area contributed by atoms with Gasteiger partial charge in [-0.25, -0.2) is 18.4 Å². The minimum atomic E-state index is -3.74. The van der Waals surface area contributed by atoms with E-state index in [1.807, 2.05) is 6.92 Å². The van der Waals surface area contributed by atoms with Crippen LogP contribution in [0.3, 0.4) is 0 Å². The highest BCUT2D eigenvalue weighted by molar-refractivity contribution is 7.91. The SMILES string of the molecule is CCCC(C)COC(=O)c1csc(S(N)(=O)=O)c1. The van der Waals surface area contributed by atoms with E-state index in [9.17, 15) is 13.2 Å². The van der Waals surface area contributed by atoms with Crippen LogP contribution in [0.5, 0.6) is 0 Å². The van der Waals surface area contributed by atoms with Gasteiger partial charge >= 0.3 is 5.97 Å². The number of carbonyl (C=O) groups is 1. The van der Waals surface area contributed by atoms with Crippen molar-refractivity contribution in [3.05, 3.63) is 17.0 Å². The quantitative estimate of drug-likeness (QED) is 0.812. The van der Waals surface area contributed by atoms with Gasteiger partial charge in [0.2, 0.25) is 10.0 Å². The number of hydrogen-bond donors (Lipinski definition) is 1. The number of ether oxygens (including phenoxy) is 1. The zero-order chi connectivity index (χ0) is 13.8. The lowest BCUT2D eigenvalue weighted by Gasteiger charge is -2.09. The first-order valence-electron chi connectivity index (χ1n) is 5.63. The van der Waals surface area contributed by atoms with E-state index in [0.29, 0.717) is 12.5 Å². The molecule has 0 spiro atoms. The minimum absolute atomic E-state index is 0.0314. The smallest absolute Gasteiger partial charge is 0.339 e. The van der Waals surface area contributed by atoms with Crippen LogP contribution in [0.25, 0.3) is 0 Å². The molecule has 0 saturated heterocycles. The Morgan fingerprint density at radius 2 is 2.22 bits per heavy atom. The first-order valence-corrected chi connectivity index (χ1v) is 8.05. The molecule has 2 N–H and O–H groups in total. The Labute approximate surface area is 111 Å². The van der Waals surface area contributed by atoms with Gasteiger partial charge in [0.05, 0.1) is 12.2 Å². The van der Waals surface area contributed by atoms with Crippen LogP contribution in [-0.4, -0.2) is 21.0 Å². The molecule has 18 heavy (non-hydrogen) atoms. The summed E-state index contributed by atoms with van der Waals surface area (Å²) in [6, 6.07) is 1.24. The molecule has 0 radical (unpaired) electrons. The van der Waals surface area contributed by atoms with Gasteiger partial charge in [0, 0.05) is 5.38 Å². The second kappa shape index (κ2) is 6.31. The number of hydrogen-bond acceptors (Lipinski definition) is 5. The molecule has 0 saturated carbocycles. The van der Waals surface area contributed by atoms with Crippen LogP contribution in [0.15, 0.2) is 15.7 Å². The van der Waals surface area contributed by atoms with Crippen molar-refractivity contribution >= 4 is 27.3 Å². The Balaban J connectivity index is 2.60. The van der Waals surface area contributed by atoms with Gasteiger partial charge in [0.15, 0.2) is 0 Å². The van der Waals surface area contributed by atoms with Crippen LogP contribution in [0, 0.1) is 5.92 Å². The van der Waals surface area contributed by atoms with Gasteiger partial charge in [0.25, 0.3) is 0 Å². The molecule has 0 amide bonds. The predicted octanol–water partition coefficient (Wildman–Crippen LogP) is 1.99. The highest BCUT2D eigenvalue weighted by Crippen LogP contribution is 2.19. The molecule has 0 aliphatic rings. The van der Waals surface area contributed by atoms with Gasteiger partial charge in [-0.3, -0.25) is 0 Å². The highest BCUT2D eigenvalue weighted by Gasteiger charge is 2.16. The second-order valence-electron chi connectivity index (χ2n) is 4.19. The Kier molecular flexibility index (Phi) is 5.30. The maximum absolute atomic E-state index is 11.6. The van der Waals surface area contributed by atoms with Gasteiger partial charge in [-0.1, -0.05) is 20.3 Å². The van der Waals surface area contributed by atoms with Gasteiger partial charge < -0.3 is 4.74 Å². The standard InChI is InChI=1S/C11H17NO4S2/c1-3-4-8(2)6-16-11(13)9-5-10(17-7-9)18(12,14)15/h5,7-8H,3-4,6H2,1-2H3,(H2,12,14,15). The Morgan fingerprint density at radius 1 is 1.56 bits per heavy atom. The lowest BCUT2D eigenvalue weighted by molar-refractivity contribution is 0.0444. The van der Waals surface area contributed by atoms with E-state index in [2.05, 4.69) is 6.92 Å². The summed E-state index contributed by atoms with van der Waals surface area (Å²) >= 11 is 0.916. The number of thiophene rings is 1. The second-order valence-corrected chi connectivity index (χ2v) is 6.89. The van der Waals surface area contributed by atoms with Gasteiger partial charge in [-0.2, -0.15) is 0 Å². The summed E-state index contributed by atoms with van der Waals surface area (Å²) in [5.41, 5.74) is 0.229. The zero-order valence-electron chi connectivity index (χ0n) is 10.4. The molecule has 1 rings (SSSR count). The normalized spacial score (nSPS) is 13.3. The lowest BCUT2D eigenvalue weighted by atomic mass is 10.1. The summed E-state index contributed by atoms with van der Waals surface area (Å²) in [4.78, 5) is 11.6. The van der Waals surface area contributed by atoms with Crippen molar-refractivity contribution in [2.45, 2.75) is 30.9 Å². The van der Waals surface area contributed by atoms with E-state index >= 15 is 0 Å². The third kappa shape index (κ3) is 4.40. The molecule has 1 aromatic heterocycles. The van der Waals surface area contributed by atoms with Crippen molar-refractivity contribution in [3.63, 3.8) is 0 Å². The Hall–Kier alpha value is -0.920. The molecule has 0 aliphatic carbocycles. The van der Waals surface area contributed by atoms with E-state index in [0.717, 1.165) is 24.2 Å². The van der Waals surface area contributed by atoms with Crippen molar-refractivity contribution in [3.8, 4) is 0 Å². The molecule has 102 valence electrons. The van der Waals surface area contributed by atoms with Crippen LogP contribution in [-0.2, 0) is 14.8 Å². The third-order valence-electron chi connectivity index (χ3n) is 2.37. The van der Waals surface area contributed by atoms with Crippen molar-refractivity contribution in [2.75, 3.05) is 6.61 Å². The van der Waals surface area contributed by atoms with Crippen molar-refractivity contribution < 1.29 is 17.9 Å². The Morgan fingerprint density at radius 3 is 2.72 bits per heavy atom. The summed E-state index contributed by atoms with van der Waals surface area (Å²) in [6.45, 7) is 4.41. The minimum Gasteiger partial charge on any atom is -0.462 e.